The number of hydrogen-bond donors (Lipinski definition) is 2. The largest absolute Gasteiger partial charge is 0.384 e. The van der Waals surface area contributed by atoms with Crippen molar-refractivity contribution in [1.29, 1.82) is 0 Å². The van der Waals surface area contributed by atoms with Crippen LogP contribution in [0.3, 0.4) is 0 Å². The van der Waals surface area contributed by atoms with Crippen LogP contribution in [0.2, 0.25) is 0 Å². The second kappa shape index (κ2) is 6.89. The number of pyridine rings is 1. The van der Waals surface area contributed by atoms with Gasteiger partial charge in [-0.25, -0.2) is 8.42 Å². The average Bonchev–Trinajstić information content (AvgIpc) is 2.81. The predicted octanol–water partition coefficient (Wildman–Crippen LogP) is 1.21. The van der Waals surface area contributed by atoms with E-state index in [-0.39, 0.29) is 18.2 Å². The Balaban J connectivity index is 2.00. The van der Waals surface area contributed by atoms with Crippen LogP contribution in [0.25, 0.3) is 0 Å². The summed E-state index contributed by atoms with van der Waals surface area (Å²) in [5.74, 6) is -0.0622. The minimum Gasteiger partial charge on any atom is -0.384 e. The summed E-state index contributed by atoms with van der Waals surface area (Å²) in [6, 6.07) is 1.75. The summed E-state index contributed by atoms with van der Waals surface area (Å²) in [6.45, 7) is 2.98. The first-order chi connectivity index (χ1) is 10.0. The molecular formula is C14H21N3O3S. The monoisotopic (exact) mass is 311 g/mol. The van der Waals surface area contributed by atoms with E-state index in [0.29, 0.717) is 18.4 Å². The molecule has 0 spiro atoms. The topological polar surface area (TPSA) is 88.2 Å². The summed E-state index contributed by atoms with van der Waals surface area (Å²) in [4.78, 5) is 16.2. The summed E-state index contributed by atoms with van der Waals surface area (Å²) in [6.07, 6.45) is 5.37. The van der Waals surface area contributed by atoms with Crippen molar-refractivity contribution in [1.82, 2.24) is 10.3 Å². The molecule has 1 aliphatic heterocycles. The fourth-order valence-electron chi connectivity index (χ4n) is 2.38. The van der Waals surface area contributed by atoms with Crippen molar-refractivity contribution in [3.63, 3.8) is 0 Å². The number of rotatable bonds is 6. The van der Waals surface area contributed by atoms with Crippen molar-refractivity contribution in [3.8, 4) is 0 Å². The van der Waals surface area contributed by atoms with Crippen LogP contribution in [0.4, 0.5) is 5.69 Å². The van der Waals surface area contributed by atoms with E-state index in [1.165, 1.54) is 6.20 Å². The van der Waals surface area contributed by atoms with Crippen LogP contribution in [0.15, 0.2) is 18.5 Å². The first kappa shape index (κ1) is 15.8. The number of carbonyl (C=O) groups excluding carboxylic acids is 1. The van der Waals surface area contributed by atoms with Crippen LogP contribution >= 0.6 is 0 Å². The fourth-order valence-corrected chi connectivity index (χ4v) is 4.14. The molecule has 0 radical (unpaired) electrons. The number of anilines is 1. The van der Waals surface area contributed by atoms with E-state index in [2.05, 4.69) is 15.6 Å². The molecule has 1 amide bonds. The quantitative estimate of drug-likeness (QED) is 0.824. The van der Waals surface area contributed by atoms with Gasteiger partial charge in [-0.05, 0) is 25.3 Å². The standard InChI is InChI=1S/C14H21N3O3S/c1-2-6-16-13-5-7-15-10-12(13)14(18)17-9-11-4-3-8-21(11,19)20/h5,7,10-11H,2-4,6,8-9H2,1H3,(H,15,16)(H,17,18). The first-order valence-corrected chi connectivity index (χ1v) is 8.94. The number of carbonyl (C=O) groups is 1. The van der Waals surface area contributed by atoms with Crippen molar-refractivity contribution >= 4 is 21.4 Å². The van der Waals surface area contributed by atoms with E-state index in [1.807, 2.05) is 6.92 Å². The summed E-state index contributed by atoms with van der Waals surface area (Å²) in [7, 11) is -3.04. The van der Waals surface area contributed by atoms with E-state index in [0.717, 1.165) is 18.7 Å². The van der Waals surface area contributed by atoms with E-state index in [4.69, 9.17) is 0 Å². The highest BCUT2D eigenvalue weighted by atomic mass is 32.2. The van der Waals surface area contributed by atoms with Gasteiger partial charge >= 0.3 is 0 Å². The van der Waals surface area contributed by atoms with E-state index in [9.17, 15) is 13.2 Å². The van der Waals surface area contributed by atoms with Crippen LogP contribution in [-0.2, 0) is 9.84 Å². The Morgan fingerprint density at radius 1 is 1.48 bits per heavy atom. The molecule has 116 valence electrons. The second-order valence-electron chi connectivity index (χ2n) is 5.19. The predicted molar refractivity (Wildman–Crippen MR) is 82.2 cm³/mol. The van der Waals surface area contributed by atoms with E-state index >= 15 is 0 Å². The van der Waals surface area contributed by atoms with Gasteiger partial charge in [-0.2, -0.15) is 0 Å². The molecule has 0 saturated carbocycles. The molecule has 0 bridgehead atoms. The molecule has 2 rings (SSSR count). The molecule has 2 N–H and O–H groups in total. The lowest BCUT2D eigenvalue weighted by Crippen LogP contribution is -2.35. The van der Waals surface area contributed by atoms with E-state index in [1.54, 1.807) is 12.3 Å². The number of nitrogens with zero attached hydrogens (tertiary/aromatic N) is 1. The molecular weight excluding hydrogens is 290 g/mol. The molecule has 1 aliphatic rings. The Bertz CT molecular complexity index is 601. The van der Waals surface area contributed by atoms with Crippen LogP contribution in [-0.4, -0.2) is 43.4 Å². The lowest BCUT2D eigenvalue weighted by Gasteiger charge is -2.13. The van der Waals surface area contributed by atoms with Crippen molar-refractivity contribution < 1.29 is 13.2 Å². The minimum atomic E-state index is -3.04. The first-order valence-electron chi connectivity index (χ1n) is 7.22. The number of sulfone groups is 1. The number of nitrogens with one attached hydrogen (secondary N) is 2. The highest BCUT2D eigenvalue weighted by Gasteiger charge is 2.31. The number of amides is 1. The van der Waals surface area contributed by atoms with Crippen LogP contribution in [0.1, 0.15) is 36.5 Å². The van der Waals surface area contributed by atoms with Gasteiger partial charge in [0.25, 0.3) is 5.91 Å². The van der Waals surface area contributed by atoms with E-state index < -0.39 is 15.1 Å². The lowest BCUT2D eigenvalue weighted by molar-refractivity contribution is 0.0954. The summed E-state index contributed by atoms with van der Waals surface area (Å²) in [5, 5.41) is 5.43. The Labute approximate surface area is 125 Å². The average molecular weight is 311 g/mol. The third-order valence-electron chi connectivity index (χ3n) is 3.58. The van der Waals surface area contributed by atoms with Gasteiger partial charge in [-0.15, -0.1) is 0 Å². The molecule has 6 nitrogen and oxygen atoms in total. The number of hydrogen-bond acceptors (Lipinski definition) is 5. The molecule has 21 heavy (non-hydrogen) atoms. The smallest absolute Gasteiger partial charge is 0.254 e. The third kappa shape index (κ3) is 3.93. The van der Waals surface area contributed by atoms with Gasteiger partial charge in [0, 0.05) is 25.5 Å². The van der Waals surface area contributed by atoms with Gasteiger partial charge in [0.2, 0.25) is 0 Å². The highest BCUT2D eigenvalue weighted by Crippen LogP contribution is 2.19. The zero-order valence-corrected chi connectivity index (χ0v) is 12.9. The molecule has 1 unspecified atom stereocenters. The molecule has 1 aromatic rings. The minimum absolute atomic E-state index is 0.170. The summed E-state index contributed by atoms with van der Waals surface area (Å²) >= 11 is 0. The Hall–Kier alpha value is -1.63. The molecule has 2 heterocycles. The SMILES string of the molecule is CCCNc1ccncc1C(=O)NCC1CCCS1(=O)=O. The van der Waals surface area contributed by atoms with Gasteiger partial charge < -0.3 is 10.6 Å². The van der Waals surface area contributed by atoms with Crippen molar-refractivity contribution in [2.24, 2.45) is 0 Å². The molecule has 1 aromatic heterocycles. The van der Waals surface area contributed by atoms with Gasteiger partial charge in [0.15, 0.2) is 9.84 Å². The highest BCUT2D eigenvalue weighted by molar-refractivity contribution is 7.92. The Morgan fingerprint density at radius 2 is 2.29 bits per heavy atom. The second-order valence-corrected chi connectivity index (χ2v) is 7.59. The maximum atomic E-state index is 12.2. The molecule has 0 aliphatic carbocycles. The molecule has 7 heteroatoms. The van der Waals surface area contributed by atoms with Gasteiger partial charge in [-0.3, -0.25) is 9.78 Å². The summed E-state index contributed by atoms with van der Waals surface area (Å²) in [5.41, 5.74) is 1.17. The van der Waals surface area contributed by atoms with Gasteiger partial charge in [-0.1, -0.05) is 6.92 Å². The Morgan fingerprint density at radius 3 is 2.95 bits per heavy atom. The Kier molecular flexibility index (Phi) is 5.17. The molecule has 1 atom stereocenters. The maximum absolute atomic E-state index is 12.2. The number of aromatic nitrogens is 1. The van der Waals surface area contributed by atoms with Gasteiger partial charge in [0.1, 0.15) is 0 Å². The fraction of sp³-hybridized carbons (Fsp3) is 0.571. The normalized spacial score (nSPS) is 20.1. The van der Waals surface area contributed by atoms with Crippen LogP contribution in [0.5, 0.6) is 0 Å². The maximum Gasteiger partial charge on any atom is 0.254 e. The van der Waals surface area contributed by atoms with Crippen molar-refractivity contribution in [3.05, 3.63) is 24.0 Å². The van der Waals surface area contributed by atoms with Crippen molar-refractivity contribution in [2.45, 2.75) is 31.4 Å². The molecule has 0 aromatic carbocycles. The van der Waals surface area contributed by atoms with Crippen LogP contribution < -0.4 is 10.6 Å². The lowest BCUT2D eigenvalue weighted by atomic mass is 10.2. The summed E-state index contributed by atoms with van der Waals surface area (Å²) < 4.78 is 23.5. The zero-order valence-electron chi connectivity index (χ0n) is 12.1. The zero-order chi connectivity index (χ0) is 15.3. The van der Waals surface area contributed by atoms with Crippen molar-refractivity contribution in [2.75, 3.05) is 24.2 Å². The van der Waals surface area contributed by atoms with Crippen LogP contribution in [0, 0.1) is 0 Å². The third-order valence-corrected chi connectivity index (χ3v) is 5.86. The molecule has 1 saturated heterocycles. The van der Waals surface area contributed by atoms with Gasteiger partial charge in [0.05, 0.1) is 22.3 Å². The molecule has 1 fully saturated rings.